The van der Waals surface area contributed by atoms with Crippen molar-refractivity contribution in [3.63, 3.8) is 0 Å². The number of ether oxygens (including phenoxy) is 1. The number of carbonyl (C=O) groups is 1. The van der Waals surface area contributed by atoms with Crippen molar-refractivity contribution in [2.45, 2.75) is 11.8 Å². The van der Waals surface area contributed by atoms with Crippen molar-refractivity contribution in [1.82, 2.24) is 0 Å². The molecule has 0 spiro atoms. The number of carboxylic acids is 1. The van der Waals surface area contributed by atoms with Crippen LogP contribution in [0.5, 0.6) is 5.75 Å². The van der Waals surface area contributed by atoms with Gasteiger partial charge in [-0.15, -0.1) is 0 Å². The first-order valence-corrected chi connectivity index (χ1v) is 9.72. The van der Waals surface area contributed by atoms with Gasteiger partial charge in [0.1, 0.15) is 22.2 Å². The Morgan fingerprint density at radius 3 is 2.43 bits per heavy atom. The summed E-state index contributed by atoms with van der Waals surface area (Å²) in [4.78, 5) is 21.3. The molecule has 0 aromatic heterocycles. The van der Waals surface area contributed by atoms with Crippen molar-refractivity contribution < 1.29 is 28.0 Å². The van der Waals surface area contributed by atoms with E-state index in [1.54, 1.807) is 0 Å². The molecule has 2 rings (SSSR count). The topological polar surface area (TPSA) is 127 Å². The number of nitro benzene ring substituents is 1. The van der Waals surface area contributed by atoms with Crippen LogP contribution in [0.3, 0.4) is 0 Å². The van der Waals surface area contributed by atoms with Gasteiger partial charge >= 0.3 is 5.97 Å². The first kappa shape index (κ1) is 21.7. The zero-order valence-corrected chi connectivity index (χ0v) is 16.9. The standard InChI is InChI=1S/C16H14Cl2N2O7S/c1-9-10(4-3-5-11(9)20(23)24)19(8-14(21)22)28(25,26)13-7-6-12(27-2)15(17)16(13)18/h3-7H,8H2,1-2H3,(H,21,22). The number of carboxylic acid groups (broad SMARTS) is 1. The Morgan fingerprint density at radius 2 is 1.89 bits per heavy atom. The van der Waals surface area contributed by atoms with Crippen molar-refractivity contribution in [2.24, 2.45) is 0 Å². The number of hydrogen-bond donors (Lipinski definition) is 1. The number of nitro groups is 1. The molecule has 0 aliphatic heterocycles. The predicted octanol–water partition coefficient (Wildman–Crippen LogP) is 3.50. The molecule has 0 saturated carbocycles. The molecule has 1 N–H and O–H groups in total. The number of hydrogen-bond acceptors (Lipinski definition) is 6. The molecule has 2 aromatic carbocycles. The highest BCUT2D eigenvalue weighted by molar-refractivity contribution is 7.93. The fraction of sp³-hybridized carbons (Fsp3) is 0.188. The largest absolute Gasteiger partial charge is 0.495 e. The van der Waals surface area contributed by atoms with Crippen molar-refractivity contribution in [3.8, 4) is 5.75 Å². The summed E-state index contributed by atoms with van der Waals surface area (Å²) >= 11 is 12.1. The smallest absolute Gasteiger partial charge is 0.324 e. The van der Waals surface area contributed by atoms with Gasteiger partial charge in [0.05, 0.1) is 28.3 Å². The molecule has 0 heterocycles. The van der Waals surface area contributed by atoms with Crippen LogP contribution >= 0.6 is 23.2 Å². The Kier molecular flexibility index (Phi) is 6.37. The number of halogens is 2. The van der Waals surface area contributed by atoms with Gasteiger partial charge in [-0.1, -0.05) is 29.3 Å². The van der Waals surface area contributed by atoms with Gasteiger partial charge in [0, 0.05) is 6.07 Å². The van der Waals surface area contributed by atoms with E-state index in [0.717, 1.165) is 6.07 Å². The highest BCUT2D eigenvalue weighted by Gasteiger charge is 2.33. The van der Waals surface area contributed by atoms with Crippen molar-refractivity contribution in [2.75, 3.05) is 18.0 Å². The molecule has 0 amide bonds. The van der Waals surface area contributed by atoms with Crippen molar-refractivity contribution in [1.29, 1.82) is 0 Å². The van der Waals surface area contributed by atoms with Crippen LogP contribution in [0.2, 0.25) is 10.0 Å². The second-order valence-electron chi connectivity index (χ2n) is 5.48. The molecule has 0 fully saturated rings. The minimum atomic E-state index is -4.53. The lowest BCUT2D eigenvalue weighted by Crippen LogP contribution is -2.36. The van der Waals surface area contributed by atoms with Crippen LogP contribution in [0.4, 0.5) is 11.4 Å². The molecule has 12 heteroatoms. The van der Waals surface area contributed by atoms with E-state index in [1.807, 2.05) is 0 Å². The summed E-state index contributed by atoms with van der Waals surface area (Å²) in [5.41, 5.74) is -0.547. The summed E-state index contributed by atoms with van der Waals surface area (Å²) in [5.74, 6) is -1.34. The lowest BCUT2D eigenvalue weighted by Gasteiger charge is -2.25. The predicted molar refractivity (Wildman–Crippen MR) is 103 cm³/mol. The number of rotatable bonds is 7. The van der Waals surface area contributed by atoms with Crippen LogP contribution in [0.1, 0.15) is 5.56 Å². The van der Waals surface area contributed by atoms with E-state index >= 15 is 0 Å². The Hall–Kier alpha value is -2.56. The maximum atomic E-state index is 13.2. The summed E-state index contributed by atoms with van der Waals surface area (Å²) < 4.78 is 31.9. The molecule has 0 bridgehead atoms. The van der Waals surface area contributed by atoms with Gasteiger partial charge in [0.15, 0.2) is 0 Å². The monoisotopic (exact) mass is 448 g/mol. The third kappa shape index (κ3) is 3.98. The first-order chi connectivity index (χ1) is 13.0. The van der Waals surface area contributed by atoms with Gasteiger partial charge in [-0.05, 0) is 25.1 Å². The second kappa shape index (κ2) is 8.21. The van der Waals surface area contributed by atoms with Gasteiger partial charge < -0.3 is 9.84 Å². The molecule has 9 nitrogen and oxygen atoms in total. The van der Waals surface area contributed by atoms with Gasteiger partial charge in [-0.2, -0.15) is 0 Å². The minimum Gasteiger partial charge on any atom is -0.495 e. The average Bonchev–Trinajstić information content (AvgIpc) is 2.61. The molecule has 150 valence electrons. The average molecular weight is 449 g/mol. The Bertz CT molecular complexity index is 1060. The van der Waals surface area contributed by atoms with E-state index < -0.39 is 32.4 Å². The van der Waals surface area contributed by atoms with E-state index in [1.165, 1.54) is 38.3 Å². The van der Waals surface area contributed by atoms with E-state index in [0.29, 0.717) is 4.31 Å². The number of nitrogens with zero attached hydrogens (tertiary/aromatic N) is 2. The molecule has 0 radical (unpaired) electrons. The number of aliphatic carboxylic acids is 1. The van der Waals surface area contributed by atoms with Crippen LogP contribution in [0.15, 0.2) is 35.2 Å². The van der Waals surface area contributed by atoms with Gasteiger partial charge in [-0.25, -0.2) is 8.42 Å². The van der Waals surface area contributed by atoms with Crippen LogP contribution in [-0.4, -0.2) is 38.1 Å². The van der Waals surface area contributed by atoms with Crippen LogP contribution in [0, 0.1) is 17.0 Å². The highest BCUT2D eigenvalue weighted by atomic mass is 35.5. The maximum Gasteiger partial charge on any atom is 0.324 e. The summed E-state index contributed by atoms with van der Waals surface area (Å²) in [7, 11) is -3.22. The summed E-state index contributed by atoms with van der Waals surface area (Å²) in [6, 6.07) is 6.08. The van der Waals surface area contributed by atoms with Crippen molar-refractivity contribution >= 4 is 50.6 Å². The highest BCUT2D eigenvalue weighted by Crippen LogP contribution is 2.39. The number of sulfonamides is 1. The quantitative estimate of drug-likeness (QED) is 0.506. The molecule has 0 saturated heterocycles. The molecule has 0 aliphatic carbocycles. The Balaban J connectivity index is 2.74. The van der Waals surface area contributed by atoms with Crippen LogP contribution in [-0.2, 0) is 14.8 Å². The molecule has 0 aliphatic rings. The molecular formula is C16H14Cl2N2O7S. The lowest BCUT2D eigenvalue weighted by atomic mass is 10.1. The Labute approximate surface area is 170 Å². The number of anilines is 1. The maximum absolute atomic E-state index is 13.2. The third-order valence-electron chi connectivity index (χ3n) is 3.82. The first-order valence-electron chi connectivity index (χ1n) is 7.52. The van der Waals surface area contributed by atoms with E-state index in [2.05, 4.69) is 0 Å². The summed E-state index contributed by atoms with van der Waals surface area (Å²) in [5, 5.41) is 19.9. The molecular weight excluding hydrogens is 435 g/mol. The van der Waals surface area contributed by atoms with E-state index in [4.69, 9.17) is 27.9 Å². The van der Waals surface area contributed by atoms with Crippen LogP contribution < -0.4 is 9.04 Å². The fourth-order valence-corrected chi connectivity index (χ4v) is 4.78. The molecule has 0 unspecified atom stereocenters. The van der Waals surface area contributed by atoms with E-state index in [-0.39, 0.29) is 32.7 Å². The second-order valence-corrected chi connectivity index (χ2v) is 8.06. The lowest BCUT2D eigenvalue weighted by molar-refractivity contribution is -0.385. The zero-order valence-electron chi connectivity index (χ0n) is 14.5. The summed E-state index contributed by atoms with van der Waals surface area (Å²) in [6.45, 7) is 0.338. The third-order valence-corrected chi connectivity index (χ3v) is 6.60. The zero-order chi connectivity index (χ0) is 21.2. The minimum absolute atomic E-state index is 0.0203. The SMILES string of the molecule is COc1ccc(S(=O)(=O)N(CC(=O)O)c2cccc([N+](=O)[O-])c2C)c(Cl)c1Cl. The Morgan fingerprint density at radius 1 is 1.25 bits per heavy atom. The molecule has 28 heavy (non-hydrogen) atoms. The summed E-state index contributed by atoms with van der Waals surface area (Å²) in [6.07, 6.45) is 0. The van der Waals surface area contributed by atoms with Gasteiger partial charge in [0.2, 0.25) is 0 Å². The fourth-order valence-electron chi connectivity index (χ4n) is 2.49. The van der Waals surface area contributed by atoms with Crippen LogP contribution in [0.25, 0.3) is 0 Å². The van der Waals surface area contributed by atoms with Crippen molar-refractivity contribution in [3.05, 3.63) is 56.1 Å². The van der Waals surface area contributed by atoms with E-state index in [9.17, 15) is 28.4 Å². The normalized spacial score (nSPS) is 11.1. The molecule has 0 atom stereocenters. The number of benzene rings is 2. The molecule has 2 aromatic rings. The van der Waals surface area contributed by atoms with Gasteiger partial charge in [0.25, 0.3) is 15.7 Å². The number of methoxy groups -OCH3 is 1. The van der Waals surface area contributed by atoms with Gasteiger partial charge in [-0.3, -0.25) is 19.2 Å².